The molecule has 1 aromatic rings. The summed E-state index contributed by atoms with van der Waals surface area (Å²) in [6.45, 7) is 5.66. The Kier molecular flexibility index (Phi) is 4.33. The highest BCUT2D eigenvalue weighted by atomic mass is 16.1. The van der Waals surface area contributed by atoms with Gasteiger partial charge < -0.3 is 5.32 Å². The van der Waals surface area contributed by atoms with Gasteiger partial charge in [0.05, 0.1) is 0 Å². The third-order valence-electron chi connectivity index (χ3n) is 2.21. The summed E-state index contributed by atoms with van der Waals surface area (Å²) in [5, 5.41) is 3.18. The van der Waals surface area contributed by atoms with Gasteiger partial charge in [-0.05, 0) is 6.54 Å². The second-order valence-electron chi connectivity index (χ2n) is 3.44. The molecule has 0 saturated heterocycles. The number of nitrogens with one attached hydrogen (secondary N) is 1. The van der Waals surface area contributed by atoms with E-state index in [1.165, 1.54) is 0 Å². The monoisotopic (exact) mass is 191 g/mol. The first-order chi connectivity index (χ1) is 6.75. The summed E-state index contributed by atoms with van der Waals surface area (Å²) in [5.41, 5.74) is 0.804. The lowest BCUT2D eigenvalue weighted by atomic mass is 9.99. The Labute approximate surface area is 85.3 Å². The highest BCUT2D eigenvalue weighted by Gasteiger charge is 2.13. The molecule has 1 unspecified atom stereocenters. The predicted octanol–water partition coefficient (Wildman–Crippen LogP) is 2.11. The molecule has 1 N–H and O–H groups in total. The lowest BCUT2D eigenvalue weighted by Crippen LogP contribution is -2.26. The van der Waals surface area contributed by atoms with Crippen LogP contribution in [0.3, 0.4) is 0 Å². The van der Waals surface area contributed by atoms with Gasteiger partial charge in [0.2, 0.25) is 0 Å². The van der Waals surface area contributed by atoms with Crippen molar-refractivity contribution in [2.75, 3.05) is 13.1 Å². The van der Waals surface area contributed by atoms with Crippen molar-refractivity contribution in [1.29, 1.82) is 0 Å². The minimum absolute atomic E-state index is 0.0531. The Morgan fingerprint density at radius 3 is 2.57 bits per heavy atom. The number of carbonyl (C=O) groups is 1. The number of carbonyl (C=O) groups excluding carboxylic acids is 1. The average molecular weight is 191 g/mol. The molecule has 1 aromatic carbocycles. The zero-order valence-electron chi connectivity index (χ0n) is 8.79. The molecule has 0 aliphatic carbocycles. The smallest absolute Gasteiger partial charge is 0.166 e. The molecule has 0 amide bonds. The Morgan fingerprint density at radius 1 is 1.36 bits per heavy atom. The van der Waals surface area contributed by atoms with Crippen molar-refractivity contribution in [1.82, 2.24) is 5.32 Å². The maximum absolute atomic E-state index is 11.8. The van der Waals surface area contributed by atoms with Crippen molar-refractivity contribution in [3.63, 3.8) is 0 Å². The van der Waals surface area contributed by atoms with Crippen molar-refractivity contribution in [2.45, 2.75) is 13.8 Å². The molecule has 1 atom stereocenters. The summed E-state index contributed by atoms with van der Waals surface area (Å²) in [7, 11) is 0. The van der Waals surface area contributed by atoms with E-state index in [2.05, 4.69) is 5.32 Å². The van der Waals surface area contributed by atoms with Crippen LogP contribution in [0.15, 0.2) is 30.3 Å². The number of hydrogen-bond acceptors (Lipinski definition) is 2. The van der Waals surface area contributed by atoms with E-state index in [9.17, 15) is 4.79 Å². The molecule has 0 bridgehead atoms. The summed E-state index contributed by atoms with van der Waals surface area (Å²) >= 11 is 0. The predicted molar refractivity (Wildman–Crippen MR) is 58.5 cm³/mol. The third kappa shape index (κ3) is 2.96. The molecule has 0 aliphatic rings. The number of rotatable bonds is 5. The van der Waals surface area contributed by atoms with Crippen molar-refractivity contribution >= 4 is 5.78 Å². The SMILES string of the molecule is CCNCC(C)C(=O)c1ccccc1. The molecule has 0 heterocycles. The minimum Gasteiger partial charge on any atom is -0.316 e. The van der Waals surface area contributed by atoms with Crippen LogP contribution in [-0.2, 0) is 0 Å². The molecular weight excluding hydrogens is 174 g/mol. The Morgan fingerprint density at radius 2 is 2.00 bits per heavy atom. The number of hydrogen-bond donors (Lipinski definition) is 1. The standard InChI is InChI=1S/C12H17NO/c1-3-13-9-10(2)12(14)11-7-5-4-6-8-11/h4-8,10,13H,3,9H2,1-2H3. The van der Waals surface area contributed by atoms with E-state index < -0.39 is 0 Å². The molecule has 2 nitrogen and oxygen atoms in total. The van der Waals surface area contributed by atoms with Gasteiger partial charge in [-0.3, -0.25) is 4.79 Å². The van der Waals surface area contributed by atoms with E-state index in [-0.39, 0.29) is 11.7 Å². The fourth-order valence-electron chi connectivity index (χ4n) is 1.34. The van der Waals surface area contributed by atoms with Crippen LogP contribution in [0.1, 0.15) is 24.2 Å². The summed E-state index contributed by atoms with van der Waals surface area (Å²) in [5.74, 6) is 0.268. The van der Waals surface area contributed by atoms with Crippen molar-refractivity contribution in [2.24, 2.45) is 5.92 Å². The van der Waals surface area contributed by atoms with Gasteiger partial charge in [0.25, 0.3) is 0 Å². The van der Waals surface area contributed by atoms with Gasteiger partial charge in [-0.15, -0.1) is 0 Å². The van der Waals surface area contributed by atoms with Gasteiger partial charge >= 0.3 is 0 Å². The second-order valence-corrected chi connectivity index (χ2v) is 3.44. The van der Waals surface area contributed by atoms with Crippen LogP contribution in [0.2, 0.25) is 0 Å². The van der Waals surface area contributed by atoms with Crippen LogP contribution in [0.4, 0.5) is 0 Å². The number of Topliss-reactive ketones (excluding diaryl/α,β-unsaturated/α-hetero) is 1. The van der Waals surface area contributed by atoms with E-state index >= 15 is 0 Å². The van der Waals surface area contributed by atoms with Crippen LogP contribution >= 0.6 is 0 Å². The van der Waals surface area contributed by atoms with Gasteiger partial charge in [-0.1, -0.05) is 44.2 Å². The molecular formula is C12H17NO. The maximum Gasteiger partial charge on any atom is 0.166 e. The largest absolute Gasteiger partial charge is 0.316 e. The Balaban J connectivity index is 2.57. The fourth-order valence-corrected chi connectivity index (χ4v) is 1.34. The minimum atomic E-state index is 0.0531. The summed E-state index contributed by atoms with van der Waals surface area (Å²) < 4.78 is 0. The van der Waals surface area contributed by atoms with Gasteiger partial charge in [0, 0.05) is 18.0 Å². The topological polar surface area (TPSA) is 29.1 Å². The van der Waals surface area contributed by atoms with E-state index in [0.29, 0.717) is 0 Å². The molecule has 0 aromatic heterocycles. The van der Waals surface area contributed by atoms with Crippen LogP contribution < -0.4 is 5.32 Å². The van der Waals surface area contributed by atoms with Crippen LogP contribution in [0, 0.1) is 5.92 Å². The van der Waals surface area contributed by atoms with Gasteiger partial charge in [-0.25, -0.2) is 0 Å². The zero-order valence-corrected chi connectivity index (χ0v) is 8.79. The Hall–Kier alpha value is -1.15. The summed E-state index contributed by atoms with van der Waals surface area (Å²) in [6, 6.07) is 9.45. The molecule has 0 fully saturated rings. The summed E-state index contributed by atoms with van der Waals surface area (Å²) in [4.78, 5) is 11.8. The lowest BCUT2D eigenvalue weighted by Gasteiger charge is -2.10. The van der Waals surface area contributed by atoms with E-state index in [4.69, 9.17) is 0 Å². The first-order valence-electron chi connectivity index (χ1n) is 5.05. The molecule has 0 spiro atoms. The number of ketones is 1. The first-order valence-corrected chi connectivity index (χ1v) is 5.05. The fraction of sp³-hybridized carbons (Fsp3) is 0.417. The summed E-state index contributed by atoms with van der Waals surface area (Å²) in [6.07, 6.45) is 0. The van der Waals surface area contributed by atoms with Crippen LogP contribution in [0.25, 0.3) is 0 Å². The third-order valence-corrected chi connectivity index (χ3v) is 2.21. The molecule has 0 radical (unpaired) electrons. The Bertz CT molecular complexity index is 282. The normalized spacial score (nSPS) is 12.4. The first kappa shape index (κ1) is 10.9. The molecule has 2 heteroatoms. The molecule has 1 rings (SSSR count). The number of benzene rings is 1. The second kappa shape index (κ2) is 5.55. The molecule has 0 saturated carbocycles. The lowest BCUT2D eigenvalue weighted by molar-refractivity contribution is 0.0929. The van der Waals surface area contributed by atoms with Crippen LogP contribution in [-0.4, -0.2) is 18.9 Å². The van der Waals surface area contributed by atoms with E-state index in [1.807, 2.05) is 44.2 Å². The molecule has 76 valence electrons. The van der Waals surface area contributed by atoms with Gasteiger partial charge in [0.1, 0.15) is 0 Å². The van der Waals surface area contributed by atoms with Crippen molar-refractivity contribution in [3.8, 4) is 0 Å². The van der Waals surface area contributed by atoms with E-state index in [0.717, 1.165) is 18.7 Å². The highest BCUT2D eigenvalue weighted by molar-refractivity contribution is 5.97. The maximum atomic E-state index is 11.8. The van der Waals surface area contributed by atoms with Gasteiger partial charge in [0.15, 0.2) is 5.78 Å². The van der Waals surface area contributed by atoms with E-state index in [1.54, 1.807) is 0 Å². The average Bonchev–Trinajstić information content (AvgIpc) is 2.26. The highest BCUT2D eigenvalue weighted by Crippen LogP contribution is 2.07. The van der Waals surface area contributed by atoms with Gasteiger partial charge in [-0.2, -0.15) is 0 Å². The van der Waals surface area contributed by atoms with Crippen molar-refractivity contribution < 1.29 is 4.79 Å². The zero-order chi connectivity index (χ0) is 10.4. The van der Waals surface area contributed by atoms with Crippen LogP contribution in [0.5, 0.6) is 0 Å². The van der Waals surface area contributed by atoms with Crippen molar-refractivity contribution in [3.05, 3.63) is 35.9 Å². The quantitative estimate of drug-likeness (QED) is 0.722. The molecule has 0 aliphatic heterocycles. The molecule has 14 heavy (non-hydrogen) atoms.